The second-order valence-corrected chi connectivity index (χ2v) is 10.4. The minimum atomic E-state index is -3.61. The lowest BCUT2D eigenvalue weighted by Crippen LogP contribution is -2.30. The second kappa shape index (κ2) is 10.2. The van der Waals surface area contributed by atoms with Gasteiger partial charge in [0.05, 0.1) is 17.0 Å². The summed E-state index contributed by atoms with van der Waals surface area (Å²) < 4.78 is 29.0. The highest BCUT2D eigenvalue weighted by atomic mass is 32.2. The minimum absolute atomic E-state index is 0.139. The fourth-order valence-corrected chi connectivity index (χ4v) is 4.91. The first-order valence-electron chi connectivity index (χ1n) is 11.3. The van der Waals surface area contributed by atoms with Crippen molar-refractivity contribution in [3.8, 4) is 11.3 Å². The number of sulfonamides is 1. The summed E-state index contributed by atoms with van der Waals surface area (Å²) in [4.78, 5) is 13.4. The number of rotatable bonds is 8. The standard InChI is InChI=1S/C27H28N4O3S/c1-19(2)30-35(33,34)24-15-13-23(14-16-24)28-27(32)25-18-31(17-21-7-5-4-6-8-21)29-26(25)22-11-9-20(3)10-12-22/h4-16,18-19,30H,17H2,1-3H3,(H,28,32). The van der Waals surface area contributed by atoms with Gasteiger partial charge in [-0.15, -0.1) is 0 Å². The van der Waals surface area contributed by atoms with Crippen LogP contribution in [0.1, 0.15) is 35.3 Å². The topological polar surface area (TPSA) is 93.1 Å². The largest absolute Gasteiger partial charge is 0.322 e. The van der Waals surface area contributed by atoms with Crippen molar-refractivity contribution in [1.82, 2.24) is 14.5 Å². The van der Waals surface area contributed by atoms with Crippen LogP contribution in [0.25, 0.3) is 11.3 Å². The number of anilines is 1. The zero-order chi connectivity index (χ0) is 25.0. The van der Waals surface area contributed by atoms with E-state index in [9.17, 15) is 13.2 Å². The molecule has 1 aromatic heterocycles. The molecule has 0 aliphatic carbocycles. The summed E-state index contributed by atoms with van der Waals surface area (Å²) in [6.07, 6.45) is 1.74. The molecule has 0 fully saturated rings. The van der Waals surface area contributed by atoms with E-state index in [1.807, 2.05) is 61.5 Å². The fourth-order valence-electron chi connectivity index (χ4n) is 3.66. The number of nitrogens with zero attached hydrogens (tertiary/aromatic N) is 2. The summed E-state index contributed by atoms with van der Waals surface area (Å²) in [6, 6.07) is 23.7. The fraction of sp³-hybridized carbons (Fsp3) is 0.185. The van der Waals surface area contributed by atoms with Crippen LogP contribution in [0.3, 0.4) is 0 Å². The molecule has 7 nitrogen and oxygen atoms in total. The van der Waals surface area contributed by atoms with Crippen LogP contribution in [-0.2, 0) is 16.6 Å². The highest BCUT2D eigenvalue weighted by molar-refractivity contribution is 7.89. The van der Waals surface area contributed by atoms with Crippen LogP contribution in [0.2, 0.25) is 0 Å². The number of benzene rings is 3. The van der Waals surface area contributed by atoms with Crippen LogP contribution in [0.4, 0.5) is 5.69 Å². The first kappa shape index (κ1) is 24.4. The number of nitrogens with one attached hydrogen (secondary N) is 2. The van der Waals surface area contributed by atoms with Crippen molar-refractivity contribution in [2.75, 3.05) is 5.32 Å². The predicted octanol–water partition coefficient (Wildman–Crippen LogP) is 4.85. The Balaban J connectivity index is 1.61. The van der Waals surface area contributed by atoms with Gasteiger partial charge in [-0.25, -0.2) is 13.1 Å². The molecule has 3 aromatic carbocycles. The Bertz CT molecular complexity index is 1410. The molecule has 4 aromatic rings. The van der Waals surface area contributed by atoms with Gasteiger partial charge in [-0.05, 0) is 50.6 Å². The molecule has 8 heteroatoms. The van der Waals surface area contributed by atoms with E-state index in [0.717, 1.165) is 16.7 Å². The Morgan fingerprint density at radius 3 is 2.23 bits per heavy atom. The number of carbonyl (C=O) groups is 1. The van der Waals surface area contributed by atoms with E-state index in [1.165, 1.54) is 12.1 Å². The second-order valence-electron chi connectivity index (χ2n) is 8.70. The maximum absolute atomic E-state index is 13.3. The molecule has 0 aliphatic rings. The summed E-state index contributed by atoms with van der Waals surface area (Å²) >= 11 is 0. The van der Waals surface area contributed by atoms with Crippen LogP contribution < -0.4 is 10.0 Å². The van der Waals surface area contributed by atoms with Crippen molar-refractivity contribution in [3.63, 3.8) is 0 Å². The monoisotopic (exact) mass is 488 g/mol. The molecule has 0 aliphatic heterocycles. The number of aromatic nitrogens is 2. The minimum Gasteiger partial charge on any atom is -0.322 e. The third-order valence-electron chi connectivity index (χ3n) is 5.33. The van der Waals surface area contributed by atoms with Gasteiger partial charge in [-0.1, -0.05) is 60.2 Å². The molecule has 1 heterocycles. The summed E-state index contributed by atoms with van der Waals surface area (Å²) in [5.74, 6) is -0.323. The van der Waals surface area contributed by atoms with Crippen molar-refractivity contribution < 1.29 is 13.2 Å². The van der Waals surface area contributed by atoms with Crippen LogP contribution in [0.5, 0.6) is 0 Å². The van der Waals surface area contributed by atoms with Crippen LogP contribution in [0.15, 0.2) is 90.0 Å². The molecule has 35 heavy (non-hydrogen) atoms. The Morgan fingerprint density at radius 1 is 0.943 bits per heavy atom. The first-order chi connectivity index (χ1) is 16.7. The van der Waals surface area contributed by atoms with E-state index >= 15 is 0 Å². The SMILES string of the molecule is Cc1ccc(-c2nn(Cc3ccccc3)cc2C(=O)Nc2ccc(S(=O)(=O)NC(C)C)cc2)cc1. The third kappa shape index (κ3) is 6.03. The average molecular weight is 489 g/mol. The van der Waals surface area contributed by atoms with Crippen molar-refractivity contribution >= 4 is 21.6 Å². The maximum atomic E-state index is 13.3. The van der Waals surface area contributed by atoms with E-state index in [4.69, 9.17) is 5.10 Å². The maximum Gasteiger partial charge on any atom is 0.259 e. The lowest BCUT2D eigenvalue weighted by Gasteiger charge is -2.10. The van der Waals surface area contributed by atoms with Gasteiger partial charge < -0.3 is 5.32 Å². The molecule has 0 bridgehead atoms. The Morgan fingerprint density at radius 2 is 1.60 bits per heavy atom. The number of carbonyl (C=O) groups excluding carboxylic acids is 1. The molecular weight excluding hydrogens is 460 g/mol. The Kier molecular flexibility index (Phi) is 7.14. The van der Waals surface area contributed by atoms with Crippen molar-refractivity contribution in [2.45, 2.75) is 38.3 Å². The molecule has 180 valence electrons. The van der Waals surface area contributed by atoms with E-state index in [-0.39, 0.29) is 16.8 Å². The van der Waals surface area contributed by atoms with E-state index in [1.54, 1.807) is 36.9 Å². The quantitative estimate of drug-likeness (QED) is 0.371. The molecule has 0 unspecified atom stereocenters. The number of hydrogen-bond acceptors (Lipinski definition) is 4. The first-order valence-corrected chi connectivity index (χ1v) is 12.8. The van der Waals surface area contributed by atoms with Crippen molar-refractivity contribution in [1.29, 1.82) is 0 Å². The average Bonchev–Trinajstić information content (AvgIpc) is 3.23. The molecule has 4 rings (SSSR count). The lowest BCUT2D eigenvalue weighted by molar-refractivity contribution is 0.102. The van der Waals surface area contributed by atoms with Crippen LogP contribution in [0, 0.1) is 6.92 Å². The zero-order valence-corrected chi connectivity index (χ0v) is 20.7. The lowest BCUT2D eigenvalue weighted by atomic mass is 10.1. The third-order valence-corrected chi connectivity index (χ3v) is 7.01. The summed E-state index contributed by atoms with van der Waals surface area (Å²) in [5, 5.41) is 7.58. The Hall–Kier alpha value is -3.75. The van der Waals surface area contributed by atoms with Gasteiger partial charge in [-0.3, -0.25) is 9.48 Å². The number of hydrogen-bond donors (Lipinski definition) is 2. The van der Waals surface area contributed by atoms with Crippen molar-refractivity contribution in [3.05, 3.63) is 102 Å². The van der Waals surface area contributed by atoms with Crippen LogP contribution in [-0.4, -0.2) is 30.1 Å². The van der Waals surface area contributed by atoms with E-state index in [2.05, 4.69) is 10.0 Å². The number of amides is 1. The summed E-state index contributed by atoms with van der Waals surface area (Å²) in [5.41, 5.74) is 4.54. The van der Waals surface area contributed by atoms with Gasteiger partial charge in [0.1, 0.15) is 5.69 Å². The van der Waals surface area contributed by atoms with E-state index < -0.39 is 10.0 Å². The normalized spacial score (nSPS) is 11.5. The van der Waals surface area contributed by atoms with E-state index in [0.29, 0.717) is 23.5 Å². The van der Waals surface area contributed by atoms with Gasteiger partial charge >= 0.3 is 0 Å². The predicted molar refractivity (Wildman–Crippen MR) is 138 cm³/mol. The van der Waals surface area contributed by atoms with Gasteiger partial charge in [-0.2, -0.15) is 5.10 Å². The van der Waals surface area contributed by atoms with Gasteiger partial charge in [0, 0.05) is 23.5 Å². The zero-order valence-electron chi connectivity index (χ0n) is 19.9. The van der Waals surface area contributed by atoms with Gasteiger partial charge in [0.25, 0.3) is 5.91 Å². The molecule has 0 spiro atoms. The molecule has 2 N–H and O–H groups in total. The van der Waals surface area contributed by atoms with Crippen molar-refractivity contribution in [2.24, 2.45) is 0 Å². The molecule has 1 amide bonds. The van der Waals surface area contributed by atoms with Gasteiger partial charge in [0.2, 0.25) is 10.0 Å². The molecule has 0 saturated carbocycles. The smallest absolute Gasteiger partial charge is 0.259 e. The number of aryl methyl sites for hydroxylation is 1. The summed E-state index contributed by atoms with van der Waals surface area (Å²) in [6.45, 7) is 6.06. The molecule has 0 radical (unpaired) electrons. The van der Waals surface area contributed by atoms with Crippen LogP contribution >= 0.6 is 0 Å². The molecular formula is C27H28N4O3S. The van der Waals surface area contributed by atoms with Gasteiger partial charge in [0.15, 0.2) is 0 Å². The molecule has 0 saturated heterocycles. The highest BCUT2D eigenvalue weighted by Crippen LogP contribution is 2.25. The highest BCUT2D eigenvalue weighted by Gasteiger charge is 2.19. The molecule has 0 atom stereocenters. The Labute approximate surface area is 205 Å². The summed E-state index contributed by atoms with van der Waals surface area (Å²) in [7, 11) is -3.61.